The lowest BCUT2D eigenvalue weighted by Crippen LogP contribution is -2.25. The van der Waals surface area contributed by atoms with Crippen LogP contribution in [0.2, 0.25) is 0 Å². The normalized spacial score (nSPS) is 16.7. The molecule has 5 heteroatoms. The Bertz CT molecular complexity index is 1250. The molecule has 2 N–H and O–H groups in total. The first-order valence-corrected chi connectivity index (χ1v) is 9.42. The molecule has 0 aliphatic carbocycles. The number of hydrogen-bond acceptors (Lipinski definition) is 5. The van der Waals surface area contributed by atoms with Gasteiger partial charge in [0, 0.05) is 0 Å². The van der Waals surface area contributed by atoms with E-state index in [0.29, 0.717) is 11.3 Å². The molecule has 1 unspecified atom stereocenters. The molecule has 3 aromatic carbocycles. The van der Waals surface area contributed by atoms with Crippen molar-refractivity contribution >= 4 is 27.5 Å². The Morgan fingerprint density at radius 1 is 1.14 bits per heavy atom. The van der Waals surface area contributed by atoms with Crippen LogP contribution in [-0.4, -0.2) is 12.6 Å². The number of hydrogen-bond donors (Lipinski definition) is 1. The highest BCUT2D eigenvalue weighted by molar-refractivity contribution is 6.10. The smallest absolute Gasteiger partial charge is 0.338 e. The van der Waals surface area contributed by atoms with Gasteiger partial charge in [-0.25, -0.2) is 4.79 Å². The van der Waals surface area contributed by atoms with Gasteiger partial charge in [0.2, 0.25) is 5.88 Å². The van der Waals surface area contributed by atoms with Gasteiger partial charge in [-0.1, -0.05) is 54.6 Å². The molecular weight excluding hydrogens is 364 g/mol. The van der Waals surface area contributed by atoms with E-state index in [1.807, 2.05) is 48.5 Å². The molecule has 0 amide bonds. The van der Waals surface area contributed by atoms with Crippen LogP contribution < -0.4 is 5.73 Å². The summed E-state index contributed by atoms with van der Waals surface area (Å²) >= 11 is 0. The summed E-state index contributed by atoms with van der Waals surface area (Å²) in [4.78, 5) is 12.8. The van der Waals surface area contributed by atoms with Crippen molar-refractivity contribution in [2.24, 2.45) is 5.73 Å². The lowest BCUT2D eigenvalue weighted by molar-refractivity contribution is -0.139. The number of carbonyl (C=O) groups is 1. The molecule has 0 radical (unpaired) electrons. The number of fused-ring (bicyclic) bond motifs is 3. The molecule has 0 aromatic heterocycles. The minimum atomic E-state index is -0.665. The molecule has 0 saturated carbocycles. The third kappa shape index (κ3) is 2.99. The molecule has 1 heterocycles. The maximum absolute atomic E-state index is 12.8. The molecule has 5 nitrogen and oxygen atoms in total. The first-order valence-electron chi connectivity index (χ1n) is 9.42. The van der Waals surface area contributed by atoms with Crippen LogP contribution in [0, 0.1) is 11.3 Å². The van der Waals surface area contributed by atoms with Gasteiger partial charge in [0.15, 0.2) is 0 Å². The zero-order chi connectivity index (χ0) is 20.5. The van der Waals surface area contributed by atoms with Crippen molar-refractivity contribution in [1.29, 1.82) is 5.26 Å². The zero-order valence-corrected chi connectivity index (χ0v) is 16.2. The van der Waals surface area contributed by atoms with E-state index in [9.17, 15) is 10.1 Å². The van der Waals surface area contributed by atoms with Crippen LogP contribution >= 0.6 is 0 Å². The van der Waals surface area contributed by atoms with E-state index in [1.54, 1.807) is 13.8 Å². The van der Waals surface area contributed by atoms with Crippen LogP contribution in [-0.2, 0) is 14.3 Å². The molecule has 0 bridgehead atoms. The summed E-state index contributed by atoms with van der Waals surface area (Å²) in [6, 6.07) is 20.2. The fourth-order valence-electron chi connectivity index (χ4n) is 3.99. The topological polar surface area (TPSA) is 85.3 Å². The number of benzene rings is 3. The summed E-state index contributed by atoms with van der Waals surface area (Å²) in [6.07, 6.45) is 0. The van der Waals surface area contributed by atoms with Crippen molar-refractivity contribution in [2.75, 3.05) is 6.61 Å². The maximum atomic E-state index is 12.8. The van der Waals surface area contributed by atoms with Crippen LogP contribution in [0.5, 0.6) is 0 Å². The van der Waals surface area contributed by atoms with Gasteiger partial charge in [-0.15, -0.1) is 0 Å². The summed E-state index contributed by atoms with van der Waals surface area (Å²) in [5, 5.41) is 14.0. The highest BCUT2D eigenvalue weighted by Crippen LogP contribution is 2.43. The molecule has 3 aromatic rings. The molecule has 29 heavy (non-hydrogen) atoms. The van der Waals surface area contributed by atoms with Gasteiger partial charge in [0.05, 0.1) is 18.1 Å². The van der Waals surface area contributed by atoms with Crippen LogP contribution in [0.4, 0.5) is 0 Å². The number of carbonyl (C=O) groups excluding carboxylic acids is 1. The molecule has 1 atom stereocenters. The zero-order valence-electron chi connectivity index (χ0n) is 16.2. The fourth-order valence-corrected chi connectivity index (χ4v) is 3.99. The summed E-state index contributed by atoms with van der Waals surface area (Å²) in [5.74, 6) is -0.808. The second kappa shape index (κ2) is 7.33. The third-order valence-corrected chi connectivity index (χ3v) is 5.21. The summed E-state index contributed by atoms with van der Waals surface area (Å²) in [7, 11) is 0. The Hall–Kier alpha value is -3.78. The van der Waals surface area contributed by atoms with Crippen molar-refractivity contribution in [3.8, 4) is 6.07 Å². The average molecular weight is 384 g/mol. The van der Waals surface area contributed by atoms with Crippen molar-refractivity contribution in [1.82, 2.24) is 0 Å². The molecule has 1 aliphatic rings. The average Bonchev–Trinajstić information content (AvgIpc) is 2.72. The van der Waals surface area contributed by atoms with Gasteiger partial charge in [0.1, 0.15) is 17.4 Å². The van der Waals surface area contributed by atoms with E-state index >= 15 is 0 Å². The minimum absolute atomic E-state index is 0.0142. The Morgan fingerprint density at radius 3 is 2.62 bits per heavy atom. The molecule has 0 spiro atoms. The van der Waals surface area contributed by atoms with E-state index in [4.69, 9.17) is 15.2 Å². The lowest BCUT2D eigenvalue weighted by Gasteiger charge is -2.28. The minimum Gasteiger partial charge on any atom is -0.463 e. The van der Waals surface area contributed by atoms with Crippen LogP contribution in [0.25, 0.3) is 21.5 Å². The molecule has 1 aliphatic heterocycles. The van der Waals surface area contributed by atoms with E-state index in [-0.39, 0.29) is 18.1 Å². The standard InChI is InChI=1S/C24H20N2O3/c1-3-28-24(27)20-14(2)29-23(26)19(13-25)22(20)18-10-6-8-16-12-11-15-7-4-5-9-17(15)21(16)18/h4-12,22H,3,26H2,1-2H3. The van der Waals surface area contributed by atoms with Crippen LogP contribution in [0.1, 0.15) is 25.3 Å². The summed E-state index contributed by atoms with van der Waals surface area (Å²) < 4.78 is 10.8. The molecule has 4 rings (SSSR count). The third-order valence-electron chi connectivity index (χ3n) is 5.21. The highest BCUT2D eigenvalue weighted by Gasteiger charge is 2.37. The van der Waals surface area contributed by atoms with Gasteiger partial charge in [-0.3, -0.25) is 0 Å². The lowest BCUT2D eigenvalue weighted by atomic mass is 9.80. The van der Waals surface area contributed by atoms with Crippen LogP contribution in [0.3, 0.4) is 0 Å². The van der Waals surface area contributed by atoms with Crippen molar-refractivity contribution in [3.63, 3.8) is 0 Å². The number of nitriles is 1. The second-order valence-corrected chi connectivity index (χ2v) is 6.85. The van der Waals surface area contributed by atoms with Gasteiger partial charge in [0.25, 0.3) is 0 Å². The van der Waals surface area contributed by atoms with Crippen molar-refractivity contribution in [2.45, 2.75) is 19.8 Å². The Balaban J connectivity index is 2.08. The van der Waals surface area contributed by atoms with Crippen molar-refractivity contribution < 1.29 is 14.3 Å². The number of esters is 1. The molecule has 144 valence electrons. The van der Waals surface area contributed by atoms with E-state index in [0.717, 1.165) is 27.1 Å². The fraction of sp³-hybridized carbons (Fsp3) is 0.167. The van der Waals surface area contributed by atoms with Gasteiger partial charge >= 0.3 is 5.97 Å². The maximum Gasteiger partial charge on any atom is 0.338 e. The van der Waals surface area contributed by atoms with Gasteiger partial charge < -0.3 is 15.2 Å². The van der Waals surface area contributed by atoms with Crippen LogP contribution in [0.15, 0.2) is 77.4 Å². The van der Waals surface area contributed by atoms with E-state index in [1.165, 1.54) is 0 Å². The molecular formula is C24H20N2O3. The van der Waals surface area contributed by atoms with E-state index in [2.05, 4.69) is 12.1 Å². The predicted molar refractivity (Wildman–Crippen MR) is 111 cm³/mol. The second-order valence-electron chi connectivity index (χ2n) is 6.85. The number of allylic oxidation sites excluding steroid dienone is 2. The summed E-state index contributed by atoms with van der Waals surface area (Å²) in [6.45, 7) is 3.64. The SMILES string of the molecule is CCOC(=O)C1=C(C)OC(N)=C(C#N)C1c1cccc2ccc3ccccc3c12. The first kappa shape index (κ1) is 18.6. The molecule has 0 fully saturated rings. The van der Waals surface area contributed by atoms with Gasteiger partial charge in [-0.05, 0) is 41.0 Å². The Labute approximate surface area is 168 Å². The molecule has 0 saturated heterocycles. The quantitative estimate of drug-likeness (QED) is 0.525. The largest absolute Gasteiger partial charge is 0.463 e. The highest BCUT2D eigenvalue weighted by atomic mass is 16.5. The van der Waals surface area contributed by atoms with Crippen molar-refractivity contribution in [3.05, 3.63) is 82.9 Å². The Kier molecular flexibility index (Phi) is 4.69. The number of nitrogens with zero attached hydrogens (tertiary/aromatic N) is 1. The van der Waals surface area contributed by atoms with Gasteiger partial charge in [-0.2, -0.15) is 5.26 Å². The number of rotatable bonds is 3. The first-order chi connectivity index (χ1) is 14.1. The monoisotopic (exact) mass is 384 g/mol. The number of ether oxygens (including phenoxy) is 2. The van der Waals surface area contributed by atoms with E-state index < -0.39 is 11.9 Å². The summed E-state index contributed by atoms with van der Waals surface area (Å²) in [5.41, 5.74) is 7.38. The predicted octanol–water partition coefficient (Wildman–Crippen LogP) is 4.64. The number of nitrogens with two attached hydrogens (primary N) is 1. The Morgan fingerprint density at radius 2 is 1.86 bits per heavy atom.